The third kappa shape index (κ3) is 3.16. The smallest absolute Gasteiger partial charge is 0.266 e. The van der Waals surface area contributed by atoms with Crippen LogP contribution in [0.15, 0.2) is 23.0 Å². The van der Waals surface area contributed by atoms with Crippen LogP contribution in [0, 0.1) is 5.41 Å². The number of hydrogen-bond donors (Lipinski definition) is 2. The minimum absolute atomic E-state index is 0.00334. The van der Waals surface area contributed by atoms with Crippen molar-refractivity contribution in [1.29, 1.82) is 0 Å². The maximum absolute atomic E-state index is 13.3. The molecule has 0 amide bonds. The molecule has 3 aromatic rings. The van der Waals surface area contributed by atoms with Crippen molar-refractivity contribution >= 4 is 40.2 Å². The van der Waals surface area contributed by atoms with E-state index in [2.05, 4.69) is 15.1 Å². The highest BCUT2D eigenvalue weighted by Crippen LogP contribution is 2.42. The molecule has 3 N–H and O–H groups in total. The van der Waals surface area contributed by atoms with Crippen molar-refractivity contribution in [2.24, 2.45) is 18.2 Å². The molecule has 2 fully saturated rings. The number of aromatic nitrogens is 4. The van der Waals surface area contributed by atoms with Crippen LogP contribution in [-0.2, 0) is 11.8 Å². The van der Waals surface area contributed by atoms with Crippen molar-refractivity contribution in [3.05, 3.63) is 38.6 Å². The average Bonchev–Trinajstić information content (AvgIpc) is 3.31. The zero-order valence-electron chi connectivity index (χ0n) is 17.4. The predicted molar refractivity (Wildman–Crippen MR) is 122 cm³/mol. The molecule has 2 aliphatic heterocycles. The topological polar surface area (TPSA) is 102 Å². The van der Waals surface area contributed by atoms with E-state index in [1.165, 1.54) is 0 Å². The van der Waals surface area contributed by atoms with Gasteiger partial charge >= 0.3 is 0 Å². The monoisotopic (exact) mass is 462 g/mol. The molecule has 2 aliphatic rings. The summed E-state index contributed by atoms with van der Waals surface area (Å²) in [6.45, 7) is 4.25. The van der Waals surface area contributed by atoms with Crippen LogP contribution in [0.2, 0.25) is 10.0 Å². The van der Waals surface area contributed by atoms with Gasteiger partial charge in [-0.3, -0.25) is 14.5 Å². The zero-order valence-corrected chi connectivity index (χ0v) is 18.9. The molecule has 31 heavy (non-hydrogen) atoms. The van der Waals surface area contributed by atoms with Crippen LogP contribution in [0.5, 0.6) is 0 Å². The summed E-state index contributed by atoms with van der Waals surface area (Å²) in [5.74, 6) is 0.611. The summed E-state index contributed by atoms with van der Waals surface area (Å²) in [4.78, 5) is 20.2. The molecular weight excluding hydrogens is 439 g/mol. The van der Waals surface area contributed by atoms with Gasteiger partial charge in [-0.05, 0) is 25.8 Å². The van der Waals surface area contributed by atoms with E-state index >= 15 is 0 Å². The summed E-state index contributed by atoms with van der Waals surface area (Å²) in [5, 5.41) is 8.39. The molecule has 10 heteroatoms. The Hall–Kier alpha value is -2.13. The van der Waals surface area contributed by atoms with Crippen LogP contribution < -0.4 is 16.2 Å². The van der Waals surface area contributed by atoms with Crippen molar-refractivity contribution in [2.45, 2.75) is 31.9 Å². The van der Waals surface area contributed by atoms with Crippen molar-refractivity contribution in [1.82, 2.24) is 19.7 Å². The van der Waals surface area contributed by atoms with E-state index in [1.807, 2.05) is 6.92 Å². The third-order valence-corrected chi connectivity index (χ3v) is 7.69. The fourth-order valence-electron chi connectivity index (χ4n) is 4.84. The number of nitrogens with one attached hydrogen (secondary N) is 1. The molecule has 0 radical (unpaired) electrons. The second-order valence-corrected chi connectivity index (χ2v) is 9.35. The molecule has 0 saturated carbocycles. The predicted octanol–water partition coefficient (Wildman–Crippen LogP) is 2.96. The molecule has 1 aromatic carbocycles. The molecule has 2 atom stereocenters. The van der Waals surface area contributed by atoms with E-state index in [-0.39, 0.29) is 23.1 Å². The molecule has 0 unspecified atom stereocenters. The van der Waals surface area contributed by atoms with E-state index < -0.39 is 0 Å². The number of nitrogens with two attached hydrogens (primary N) is 1. The Morgan fingerprint density at radius 1 is 1.29 bits per heavy atom. The number of benzene rings is 1. The number of ether oxygens (including phenoxy) is 1. The van der Waals surface area contributed by atoms with Gasteiger partial charge in [-0.1, -0.05) is 35.3 Å². The van der Waals surface area contributed by atoms with Crippen LogP contribution in [0.25, 0.3) is 22.3 Å². The highest BCUT2D eigenvalue weighted by Gasteiger charge is 2.47. The van der Waals surface area contributed by atoms with Crippen molar-refractivity contribution in [2.75, 3.05) is 24.6 Å². The van der Waals surface area contributed by atoms with E-state index in [4.69, 9.17) is 38.7 Å². The van der Waals surface area contributed by atoms with E-state index in [0.29, 0.717) is 44.9 Å². The van der Waals surface area contributed by atoms with Gasteiger partial charge in [-0.15, -0.1) is 0 Å². The SMILES string of the molecule is C[C@@H]1OCC2(CCN(c3nc4[nH]nc(-c5cccc(Cl)c5Cl)c4c(=O)n3C)CC2)[C@@H]1N. The molecule has 0 aliphatic carbocycles. The Morgan fingerprint density at radius 3 is 2.71 bits per heavy atom. The molecule has 1 spiro atoms. The van der Waals surface area contributed by atoms with Gasteiger partial charge in [0.15, 0.2) is 5.65 Å². The van der Waals surface area contributed by atoms with Crippen molar-refractivity contribution in [3.63, 3.8) is 0 Å². The first-order chi connectivity index (χ1) is 14.8. The summed E-state index contributed by atoms with van der Waals surface area (Å²) in [7, 11) is 1.73. The second kappa shape index (κ2) is 7.48. The second-order valence-electron chi connectivity index (χ2n) is 8.56. The first-order valence-corrected chi connectivity index (χ1v) is 11.1. The maximum Gasteiger partial charge on any atom is 0.266 e. The number of anilines is 1. The van der Waals surface area contributed by atoms with E-state index in [9.17, 15) is 4.79 Å². The number of piperidine rings is 1. The molecule has 164 valence electrons. The Morgan fingerprint density at radius 2 is 2.03 bits per heavy atom. The first-order valence-electron chi connectivity index (χ1n) is 10.3. The lowest BCUT2D eigenvalue weighted by atomic mass is 9.73. The van der Waals surface area contributed by atoms with Crippen LogP contribution in [0.4, 0.5) is 5.95 Å². The zero-order chi connectivity index (χ0) is 21.9. The van der Waals surface area contributed by atoms with Gasteiger partial charge in [0.25, 0.3) is 5.56 Å². The lowest BCUT2D eigenvalue weighted by molar-refractivity contribution is 0.0973. The van der Waals surface area contributed by atoms with Gasteiger partial charge < -0.3 is 15.4 Å². The number of fused-ring (bicyclic) bond motifs is 1. The third-order valence-electron chi connectivity index (χ3n) is 6.87. The molecule has 5 rings (SSSR count). The molecule has 4 heterocycles. The number of hydrogen-bond acceptors (Lipinski definition) is 6. The van der Waals surface area contributed by atoms with Gasteiger partial charge in [0.05, 0.1) is 22.8 Å². The maximum atomic E-state index is 13.3. The van der Waals surface area contributed by atoms with Crippen LogP contribution in [0.3, 0.4) is 0 Å². The minimum Gasteiger partial charge on any atom is -0.376 e. The van der Waals surface area contributed by atoms with Gasteiger partial charge in [-0.2, -0.15) is 10.1 Å². The Balaban J connectivity index is 1.51. The fraction of sp³-hybridized carbons (Fsp3) is 0.476. The van der Waals surface area contributed by atoms with Crippen LogP contribution >= 0.6 is 23.2 Å². The standard InChI is InChI=1S/C21H24Cl2N6O2/c1-11-17(24)21(10-31-11)6-8-29(9-7-21)20-25-18-14(19(30)28(20)2)16(26-27-18)12-4-3-5-13(22)15(12)23/h3-5,11,17H,6-10,24H2,1-2H3,(H,26,27)/t11-,17+/m0/s1. The van der Waals surface area contributed by atoms with Crippen LogP contribution in [-0.4, -0.2) is 51.6 Å². The summed E-state index contributed by atoms with van der Waals surface area (Å²) in [6, 6.07) is 5.29. The highest BCUT2D eigenvalue weighted by atomic mass is 35.5. The molecule has 2 saturated heterocycles. The Kier molecular flexibility index (Phi) is 5.01. The summed E-state index contributed by atoms with van der Waals surface area (Å²) >= 11 is 12.5. The molecule has 2 aromatic heterocycles. The lowest BCUT2D eigenvalue weighted by Gasteiger charge is -2.41. The number of rotatable bonds is 2. The molecular formula is C21H24Cl2N6O2. The lowest BCUT2D eigenvalue weighted by Crippen LogP contribution is -2.51. The summed E-state index contributed by atoms with van der Waals surface area (Å²) in [5.41, 5.74) is 7.72. The summed E-state index contributed by atoms with van der Waals surface area (Å²) < 4.78 is 7.39. The van der Waals surface area contributed by atoms with Gasteiger partial charge in [0.2, 0.25) is 5.95 Å². The largest absolute Gasteiger partial charge is 0.376 e. The number of nitrogens with zero attached hydrogens (tertiary/aromatic N) is 4. The number of aromatic amines is 1. The van der Waals surface area contributed by atoms with Crippen molar-refractivity contribution < 1.29 is 4.74 Å². The van der Waals surface area contributed by atoms with Crippen LogP contribution in [0.1, 0.15) is 19.8 Å². The minimum atomic E-state index is -0.186. The average molecular weight is 463 g/mol. The van der Waals surface area contributed by atoms with E-state index in [0.717, 1.165) is 25.9 Å². The van der Waals surface area contributed by atoms with Crippen molar-refractivity contribution in [3.8, 4) is 11.3 Å². The van der Waals surface area contributed by atoms with Gasteiger partial charge in [-0.25, -0.2) is 0 Å². The van der Waals surface area contributed by atoms with E-state index in [1.54, 1.807) is 29.8 Å². The molecule has 0 bridgehead atoms. The van der Waals surface area contributed by atoms with Gasteiger partial charge in [0.1, 0.15) is 11.1 Å². The number of halogens is 2. The normalized spacial score (nSPS) is 23.2. The Bertz CT molecular complexity index is 1210. The molecule has 8 nitrogen and oxygen atoms in total. The fourth-order valence-corrected chi connectivity index (χ4v) is 5.23. The quantitative estimate of drug-likeness (QED) is 0.606. The number of H-pyrrole nitrogens is 1. The van der Waals surface area contributed by atoms with Gasteiger partial charge in [0, 0.05) is 37.2 Å². The Labute approximate surface area is 189 Å². The first kappa shape index (κ1) is 20.8. The summed E-state index contributed by atoms with van der Waals surface area (Å²) in [6.07, 6.45) is 1.88. The highest BCUT2D eigenvalue weighted by molar-refractivity contribution is 6.43.